The van der Waals surface area contributed by atoms with Crippen LogP contribution in [-0.2, 0) is 4.74 Å². The zero-order valence-corrected chi connectivity index (χ0v) is 12.0. The van der Waals surface area contributed by atoms with Crippen LogP contribution in [0.5, 0.6) is 0 Å². The van der Waals surface area contributed by atoms with Crippen molar-refractivity contribution in [2.45, 2.75) is 19.1 Å². The molecule has 1 aromatic rings. The number of morpholine rings is 1. The van der Waals surface area contributed by atoms with E-state index < -0.39 is 4.92 Å². The molecule has 8 heteroatoms. The van der Waals surface area contributed by atoms with Crippen LogP contribution in [0.15, 0.2) is 16.7 Å². The molecular formula is C11H15BrN4O3. The molecule has 0 spiro atoms. The number of rotatable bonds is 3. The van der Waals surface area contributed by atoms with E-state index in [2.05, 4.69) is 20.9 Å². The lowest BCUT2D eigenvalue weighted by Crippen LogP contribution is -2.50. The van der Waals surface area contributed by atoms with Gasteiger partial charge in [0.25, 0.3) is 0 Å². The van der Waals surface area contributed by atoms with Crippen LogP contribution in [0.1, 0.15) is 6.92 Å². The van der Waals surface area contributed by atoms with E-state index in [-0.39, 0.29) is 17.8 Å². The smallest absolute Gasteiger partial charge is 0.312 e. The predicted molar refractivity (Wildman–Crippen MR) is 74.2 cm³/mol. The molecule has 1 aliphatic rings. The maximum atomic E-state index is 11.1. The Morgan fingerprint density at radius 1 is 1.74 bits per heavy atom. The van der Waals surface area contributed by atoms with Gasteiger partial charge in [-0.05, 0) is 22.9 Å². The van der Waals surface area contributed by atoms with E-state index in [0.29, 0.717) is 30.0 Å². The first-order chi connectivity index (χ1) is 8.99. The SMILES string of the molecule is CC(N)C1CN(c2ncc(Br)cc2[N+](=O)[O-])CCO1. The lowest BCUT2D eigenvalue weighted by Gasteiger charge is -2.35. The fourth-order valence-electron chi connectivity index (χ4n) is 1.99. The van der Waals surface area contributed by atoms with Gasteiger partial charge < -0.3 is 15.4 Å². The average molecular weight is 331 g/mol. The van der Waals surface area contributed by atoms with Gasteiger partial charge in [-0.3, -0.25) is 10.1 Å². The molecule has 1 saturated heterocycles. The van der Waals surface area contributed by atoms with Gasteiger partial charge in [0, 0.05) is 35.9 Å². The summed E-state index contributed by atoms with van der Waals surface area (Å²) >= 11 is 3.19. The third-order valence-electron chi connectivity index (χ3n) is 2.99. The monoisotopic (exact) mass is 330 g/mol. The maximum absolute atomic E-state index is 11.1. The molecule has 0 bridgehead atoms. The predicted octanol–water partition coefficient (Wildman–Crippen LogP) is 1.30. The molecule has 104 valence electrons. The summed E-state index contributed by atoms with van der Waals surface area (Å²) < 4.78 is 6.12. The number of halogens is 1. The number of nitrogens with zero attached hydrogens (tertiary/aromatic N) is 3. The van der Waals surface area contributed by atoms with E-state index in [1.54, 1.807) is 6.20 Å². The lowest BCUT2D eigenvalue weighted by atomic mass is 10.1. The highest BCUT2D eigenvalue weighted by molar-refractivity contribution is 9.10. The largest absolute Gasteiger partial charge is 0.373 e. The highest BCUT2D eigenvalue weighted by Crippen LogP contribution is 2.29. The van der Waals surface area contributed by atoms with Crippen LogP contribution >= 0.6 is 15.9 Å². The Balaban J connectivity index is 2.28. The Bertz CT molecular complexity index is 483. The van der Waals surface area contributed by atoms with Gasteiger partial charge in [0.1, 0.15) is 0 Å². The number of nitro groups is 1. The van der Waals surface area contributed by atoms with Crippen molar-refractivity contribution in [2.24, 2.45) is 5.73 Å². The topological polar surface area (TPSA) is 94.5 Å². The van der Waals surface area contributed by atoms with Gasteiger partial charge in [-0.15, -0.1) is 0 Å². The second-order valence-corrected chi connectivity index (χ2v) is 5.38. The van der Waals surface area contributed by atoms with Gasteiger partial charge in [0.05, 0.1) is 17.6 Å². The first-order valence-corrected chi connectivity index (χ1v) is 6.70. The van der Waals surface area contributed by atoms with Gasteiger partial charge in [-0.2, -0.15) is 0 Å². The Kier molecular flexibility index (Phi) is 4.33. The molecule has 19 heavy (non-hydrogen) atoms. The molecule has 7 nitrogen and oxygen atoms in total. The molecule has 2 atom stereocenters. The van der Waals surface area contributed by atoms with Crippen LogP contribution in [-0.4, -0.2) is 41.7 Å². The molecule has 0 aromatic carbocycles. The van der Waals surface area contributed by atoms with E-state index in [1.165, 1.54) is 6.07 Å². The van der Waals surface area contributed by atoms with Crippen molar-refractivity contribution in [3.63, 3.8) is 0 Å². The Labute approximate surface area is 119 Å². The third kappa shape index (κ3) is 3.20. The summed E-state index contributed by atoms with van der Waals surface area (Å²) in [5.41, 5.74) is 5.80. The van der Waals surface area contributed by atoms with Gasteiger partial charge in [-0.1, -0.05) is 0 Å². The van der Waals surface area contributed by atoms with Gasteiger partial charge in [-0.25, -0.2) is 4.98 Å². The summed E-state index contributed by atoms with van der Waals surface area (Å²) in [6.45, 7) is 3.42. The van der Waals surface area contributed by atoms with Crippen LogP contribution < -0.4 is 10.6 Å². The highest BCUT2D eigenvalue weighted by atomic mass is 79.9. The Morgan fingerprint density at radius 3 is 3.11 bits per heavy atom. The van der Waals surface area contributed by atoms with Crippen molar-refractivity contribution in [3.05, 3.63) is 26.9 Å². The standard InChI is InChI=1S/C11H15BrN4O3/c1-7(13)10-6-15(2-3-19-10)11-9(16(17)18)4-8(12)5-14-11/h4-5,7,10H,2-3,6,13H2,1H3. The third-order valence-corrected chi connectivity index (χ3v) is 3.42. The fourth-order valence-corrected chi connectivity index (χ4v) is 2.30. The summed E-state index contributed by atoms with van der Waals surface area (Å²) in [4.78, 5) is 16.7. The van der Waals surface area contributed by atoms with Crippen LogP contribution in [0.3, 0.4) is 0 Å². The normalized spacial score (nSPS) is 21.2. The maximum Gasteiger partial charge on any atom is 0.312 e. The van der Waals surface area contributed by atoms with E-state index in [1.807, 2.05) is 11.8 Å². The zero-order valence-electron chi connectivity index (χ0n) is 10.5. The summed E-state index contributed by atoms with van der Waals surface area (Å²) in [5.74, 6) is 0.363. The molecule has 2 unspecified atom stereocenters. The number of hydrogen-bond donors (Lipinski definition) is 1. The number of pyridine rings is 1. The minimum Gasteiger partial charge on any atom is -0.373 e. The Hall–Kier alpha value is -1.25. The fraction of sp³-hybridized carbons (Fsp3) is 0.545. The molecule has 2 rings (SSSR count). The molecule has 1 fully saturated rings. The second-order valence-electron chi connectivity index (χ2n) is 4.47. The van der Waals surface area contributed by atoms with Gasteiger partial charge in [0.15, 0.2) is 0 Å². The minimum atomic E-state index is -0.427. The molecule has 2 N–H and O–H groups in total. The molecule has 0 aliphatic carbocycles. The summed E-state index contributed by atoms with van der Waals surface area (Å²) in [7, 11) is 0. The average Bonchev–Trinajstić information content (AvgIpc) is 2.38. The van der Waals surface area contributed by atoms with Gasteiger partial charge in [0.2, 0.25) is 5.82 Å². The van der Waals surface area contributed by atoms with Crippen LogP contribution in [0.25, 0.3) is 0 Å². The first-order valence-electron chi connectivity index (χ1n) is 5.91. The molecule has 2 heterocycles. The molecule has 1 aliphatic heterocycles. The van der Waals surface area contributed by atoms with Crippen LogP contribution in [0.2, 0.25) is 0 Å². The molecule has 0 amide bonds. The molecule has 0 saturated carbocycles. The van der Waals surface area contributed by atoms with Crippen molar-refractivity contribution in [2.75, 3.05) is 24.6 Å². The number of anilines is 1. The molecular weight excluding hydrogens is 316 g/mol. The lowest BCUT2D eigenvalue weighted by molar-refractivity contribution is -0.384. The number of ether oxygens (including phenoxy) is 1. The first kappa shape index (κ1) is 14.2. The van der Waals surface area contributed by atoms with Gasteiger partial charge >= 0.3 is 5.69 Å². The van der Waals surface area contributed by atoms with E-state index in [0.717, 1.165) is 0 Å². The molecule has 0 radical (unpaired) electrons. The van der Waals surface area contributed by atoms with Crippen molar-refractivity contribution < 1.29 is 9.66 Å². The van der Waals surface area contributed by atoms with Crippen molar-refractivity contribution in [1.82, 2.24) is 4.98 Å². The van der Waals surface area contributed by atoms with Crippen molar-refractivity contribution in [1.29, 1.82) is 0 Å². The quantitative estimate of drug-likeness (QED) is 0.663. The number of aromatic nitrogens is 1. The second kappa shape index (κ2) is 5.81. The minimum absolute atomic E-state index is 0.0142. The zero-order chi connectivity index (χ0) is 14.0. The van der Waals surface area contributed by atoms with Crippen molar-refractivity contribution >= 4 is 27.4 Å². The van der Waals surface area contributed by atoms with E-state index >= 15 is 0 Å². The summed E-state index contributed by atoms with van der Waals surface area (Å²) in [6.07, 6.45) is 1.41. The highest BCUT2D eigenvalue weighted by Gasteiger charge is 2.28. The van der Waals surface area contributed by atoms with Crippen LogP contribution in [0, 0.1) is 10.1 Å². The van der Waals surface area contributed by atoms with E-state index in [9.17, 15) is 10.1 Å². The van der Waals surface area contributed by atoms with Crippen LogP contribution in [0.4, 0.5) is 11.5 Å². The summed E-state index contributed by atoms with van der Waals surface area (Å²) in [5, 5.41) is 11.1. The number of hydrogen-bond acceptors (Lipinski definition) is 6. The number of nitrogens with two attached hydrogens (primary N) is 1. The summed E-state index contributed by atoms with van der Waals surface area (Å²) in [6, 6.07) is 1.33. The molecule has 1 aromatic heterocycles. The van der Waals surface area contributed by atoms with E-state index in [4.69, 9.17) is 10.5 Å². The van der Waals surface area contributed by atoms with Crippen molar-refractivity contribution in [3.8, 4) is 0 Å². The Morgan fingerprint density at radius 2 is 2.47 bits per heavy atom.